The second kappa shape index (κ2) is 33.9. The summed E-state index contributed by atoms with van der Waals surface area (Å²) in [7, 11) is 1.00. The molecule has 12 aromatic rings. The number of halogens is 6. The predicted molar refractivity (Wildman–Crippen MR) is 415 cm³/mol. The standard InChI is InChI=1S/C41H44F3N9O2.C40H42F3N9O3.CH4O/c1-5-37(28(2)3)53-39(54)51(27-48-53)36-16-14-35(15-17-36)50-21-19-49(20-22-50)34-12-9-30(10-13-34)31-11-18-38(45-24-31)41(43,44)40(55,25-52-29(4)46-26-47-52)32-7-6-8-33(42)23-32;1-4-36(27(2)53)52-38(54)50(26-47-52)35-15-13-34(14-16-35)49-20-18-48(19-21-49)33-11-8-29(9-12-33)30-10-17-37(44-23-30)40(42,43)39(55,24-51-28(3)45-25-46-51)31-6-5-7-32(41)22-31;1-2/h6-18,23-24,26-28,37,55H,5,19-22,25H2,1-4H3;5-17,22-23,25-27,36,53,55H,4,18-21,24H2,1-3H3;2H,1H3/t37-,40?;27-,36-,39?;/m00./s1. The fourth-order valence-electron chi connectivity index (χ4n) is 14.5. The molecule has 8 heterocycles. The predicted octanol–water partition coefficient (Wildman–Crippen LogP) is 11.8. The van der Waals surface area contributed by atoms with Gasteiger partial charge in [0.25, 0.3) is 0 Å². The maximum atomic E-state index is 16.3. The second-order valence-electron chi connectivity index (χ2n) is 28.2. The maximum absolute atomic E-state index is 16.3. The topological polar surface area (TPSA) is 261 Å². The summed E-state index contributed by atoms with van der Waals surface area (Å²) in [6, 6.07) is 45.6. The van der Waals surface area contributed by atoms with Crippen LogP contribution >= 0.6 is 0 Å². The van der Waals surface area contributed by atoms with Crippen molar-refractivity contribution in [3.05, 3.63) is 274 Å². The van der Waals surface area contributed by atoms with Crippen molar-refractivity contribution < 1.29 is 46.8 Å². The summed E-state index contributed by atoms with van der Waals surface area (Å²) < 4.78 is 102. The number of hydrogen-bond acceptors (Lipinski definition) is 18. The number of aryl methyl sites for hydroxylation is 2. The lowest BCUT2D eigenvalue weighted by Gasteiger charge is -2.37. The molecule has 5 atom stereocenters. The first kappa shape index (κ1) is 79.9. The van der Waals surface area contributed by atoms with Crippen molar-refractivity contribution in [1.82, 2.24) is 68.2 Å². The molecule has 30 heteroatoms. The van der Waals surface area contributed by atoms with Crippen LogP contribution in [0.3, 0.4) is 0 Å². The van der Waals surface area contributed by atoms with Crippen LogP contribution in [0.15, 0.2) is 217 Å². The first-order valence-corrected chi connectivity index (χ1v) is 37.0. The van der Waals surface area contributed by atoms with Crippen LogP contribution in [0.2, 0.25) is 0 Å². The Bertz CT molecular complexity index is 4890. The van der Waals surface area contributed by atoms with E-state index in [4.69, 9.17) is 5.11 Å². The molecule has 112 heavy (non-hydrogen) atoms. The van der Waals surface area contributed by atoms with Crippen LogP contribution in [0.5, 0.6) is 0 Å². The van der Waals surface area contributed by atoms with Gasteiger partial charge in [-0.05, 0) is 171 Å². The van der Waals surface area contributed by atoms with Crippen molar-refractivity contribution in [3.63, 3.8) is 0 Å². The van der Waals surface area contributed by atoms with Gasteiger partial charge in [0, 0.05) is 106 Å². The van der Waals surface area contributed by atoms with Crippen molar-refractivity contribution in [1.29, 1.82) is 0 Å². The van der Waals surface area contributed by atoms with E-state index in [1.807, 2.05) is 104 Å². The molecule has 4 N–H and O–H groups in total. The molecule has 0 bridgehead atoms. The smallest absolute Gasteiger partial charge is 0.350 e. The molecule has 2 saturated heterocycles. The lowest BCUT2D eigenvalue weighted by molar-refractivity contribution is -0.206. The maximum Gasteiger partial charge on any atom is 0.350 e. The van der Waals surface area contributed by atoms with Crippen LogP contribution in [0.25, 0.3) is 33.6 Å². The summed E-state index contributed by atoms with van der Waals surface area (Å²) in [4.78, 5) is 51.4. The molecule has 6 aromatic heterocycles. The van der Waals surface area contributed by atoms with Gasteiger partial charge in [0.1, 0.15) is 60.0 Å². The van der Waals surface area contributed by atoms with Crippen molar-refractivity contribution in [2.45, 2.75) is 116 Å². The van der Waals surface area contributed by atoms with Gasteiger partial charge in [0.05, 0.1) is 42.7 Å². The van der Waals surface area contributed by atoms with Gasteiger partial charge < -0.3 is 40.0 Å². The highest BCUT2D eigenvalue weighted by Gasteiger charge is 2.58. The van der Waals surface area contributed by atoms with E-state index in [-0.39, 0.29) is 28.5 Å². The third kappa shape index (κ3) is 16.4. The number of nitrogens with zero attached hydrogens (tertiary/aromatic N) is 18. The molecule has 24 nitrogen and oxygen atoms in total. The lowest BCUT2D eigenvalue weighted by atomic mass is 9.84. The van der Waals surface area contributed by atoms with E-state index in [1.54, 1.807) is 36.3 Å². The van der Waals surface area contributed by atoms with Gasteiger partial charge in [0.2, 0.25) is 0 Å². The SMILES string of the molecule is CC[C@@H](C(C)C)n1ncn(-c2ccc(N3CCN(c4ccc(-c5ccc(C(F)(F)C(O)(Cn6ncnc6C)c6cccc(F)c6)nc5)cc4)CC3)cc2)c1=O.CC[C@@H]([C@H](C)O)n1ncn(-c2ccc(N3CCN(c4ccc(-c5ccc(C(F)(F)C(O)(Cn6ncnc6C)c6cccc(F)c6)nc5)cc4)CC3)cc2)c1=O.CO. The van der Waals surface area contributed by atoms with E-state index in [0.29, 0.717) is 40.8 Å². The Morgan fingerprint density at radius 2 is 0.750 bits per heavy atom. The molecule has 2 unspecified atom stereocenters. The van der Waals surface area contributed by atoms with Crippen LogP contribution in [0.4, 0.5) is 49.1 Å². The van der Waals surface area contributed by atoms with Gasteiger partial charge in [-0.1, -0.05) is 88.4 Å². The van der Waals surface area contributed by atoms with E-state index in [9.17, 15) is 33.7 Å². The monoisotopic (exact) mass is 1540 g/mol. The molecular weight excluding hydrogens is 1450 g/mol. The second-order valence-corrected chi connectivity index (χ2v) is 28.2. The van der Waals surface area contributed by atoms with Crippen molar-refractivity contribution >= 4 is 22.7 Å². The molecule has 0 aliphatic carbocycles. The van der Waals surface area contributed by atoms with Crippen molar-refractivity contribution in [2.24, 2.45) is 5.92 Å². The van der Waals surface area contributed by atoms with Crippen LogP contribution in [-0.2, 0) is 36.1 Å². The zero-order valence-corrected chi connectivity index (χ0v) is 63.3. The molecule has 2 fully saturated rings. The number of anilines is 4. The van der Waals surface area contributed by atoms with Gasteiger partial charge in [-0.2, -0.15) is 38.0 Å². The number of piperazine rings is 2. The highest BCUT2D eigenvalue weighted by molar-refractivity contribution is 5.68. The molecule has 2 aliphatic rings. The van der Waals surface area contributed by atoms with Crippen molar-refractivity contribution in [2.75, 3.05) is 79.1 Å². The molecule has 586 valence electrons. The summed E-state index contributed by atoms with van der Waals surface area (Å²) in [6.07, 6.45) is 8.90. The molecule has 0 saturated carbocycles. The number of aliphatic hydroxyl groups excluding tert-OH is 2. The molecular formula is C82H90F6N18O6. The number of benzene rings is 6. The van der Waals surface area contributed by atoms with Gasteiger partial charge in [-0.3, -0.25) is 9.97 Å². The zero-order chi connectivity index (χ0) is 79.8. The van der Waals surface area contributed by atoms with Gasteiger partial charge in [-0.15, -0.1) is 0 Å². The molecule has 0 radical (unpaired) electrons. The number of hydrogen-bond donors (Lipinski definition) is 4. The quantitative estimate of drug-likeness (QED) is 0.0410. The largest absolute Gasteiger partial charge is 0.400 e. The minimum Gasteiger partial charge on any atom is -0.400 e. The summed E-state index contributed by atoms with van der Waals surface area (Å²) in [5.41, 5.74) is 0.318. The number of aromatic nitrogens is 14. The Kier molecular flexibility index (Phi) is 24.2. The van der Waals surface area contributed by atoms with Crippen LogP contribution in [0.1, 0.15) is 93.7 Å². The first-order chi connectivity index (χ1) is 53.8. The fourth-order valence-corrected chi connectivity index (χ4v) is 14.5. The zero-order valence-electron chi connectivity index (χ0n) is 63.3. The van der Waals surface area contributed by atoms with Crippen molar-refractivity contribution in [3.8, 4) is 33.6 Å². The molecule has 14 rings (SSSR count). The molecule has 0 amide bonds. The minimum absolute atomic E-state index is 0.0522. The Balaban J connectivity index is 0.000000203. The molecule has 2 aliphatic heterocycles. The summed E-state index contributed by atoms with van der Waals surface area (Å²) in [5, 5.41) is 56.9. The minimum atomic E-state index is -3.94. The van der Waals surface area contributed by atoms with E-state index >= 15 is 17.6 Å². The summed E-state index contributed by atoms with van der Waals surface area (Å²) in [5.74, 6) is -8.46. The summed E-state index contributed by atoms with van der Waals surface area (Å²) >= 11 is 0. The number of aliphatic hydroxyl groups is 4. The Morgan fingerprint density at radius 1 is 0.429 bits per heavy atom. The first-order valence-electron chi connectivity index (χ1n) is 37.0. The van der Waals surface area contributed by atoms with Crippen LogP contribution in [0, 0.1) is 31.4 Å². The van der Waals surface area contributed by atoms with Gasteiger partial charge in [0.15, 0.2) is 11.2 Å². The average molecular weight is 1540 g/mol. The normalized spacial score (nSPS) is 15.4. The van der Waals surface area contributed by atoms with E-state index < -0.39 is 71.3 Å². The van der Waals surface area contributed by atoms with E-state index in [1.165, 1.54) is 89.2 Å². The summed E-state index contributed by atoms with van der Waals surface area (Å²) in [6.45, 7) is 18.0. The number of rotatable bonds is 24. The van der Waals surface area contributed by atoms with Crippen LogP contribution in [-0.4, -0.2) is 154 Å². The highest BCUT2D eigenvalue weighted by atomic mass is 19.3. The molecule has 6 aromatic carbocycles. The average Bonchev–Trinajstić information content (AvgIpc) is 0.908. The Labute approximate surface area is 643 Å². The number of pyridine rings is 2. The lowest BCUT2D eigenvalue weighted by Crippen LogP contribution is -2.47. The third-order valence-electron chi connectivity index (χ3n) is 21.0. The third-order valence-corrected chi connectivity index (χ3v) is 21.0. The number of alkyl halides is 4. The fraction of sp³-hybridized carbons (Fsp3) is 0.341. The molecule has 0 spiro atoms. The van der Waals surface area contributed by atoms with Crippen LogP contribution < -0.4 is 31.0 Å². The Hall–Kier alpha value is -11.6. The van der Waals surface area contributed by atoms with Gasteiger partial charge in [-0.25, -0.2) is 56.2 Å². The highest BCUT2D eigenvalue weighted by Crippen LogP contribution is 2.48. The van der Waals surface area contributed by atoms with Gasteiger partial charge >= 0.3 is 23.2 Å². The van der Waals surface area contributed by atoms with E-state index in [2.05, 4.69) is 80.7 Å². The Morgan fingerprint density at radius 3 is 1.04 bits per heavy atom. The van der Waals surface area contributed by atoms with E-state index in [0.717, 1.165) is 139 Å².